The predicted molar refractivity (Wildman–Crippen MR) is 111 cm³/mol. The highest BCUT2D eigenvalue weighted by Crippen LogP contribution is 2.40. The Kier molecular flexibility index (Phi) is 6.70. The molecular formula is C20H36O2Si2. The number of hydrogen-bond donors (Lipinski definition) is 0. The molecule has 0 N–H and O–H groups in total. The summed E-state index contributed by atoms with van der Waals surface area (Å²) in [5.74, 6) is 0. The fourth-order valence-corrected chi connectivity index (χ4v) is 7.36. The zero-order valence-corrected chi connectivity index (χ0v) is 19.1. The SMILES string of the molecule is CO[Si@@](C/C=C\O[Si](C)(C)C(C)(C)C)(c1ccccc1)C(C)(C)C. The molecule has 0 saturated heterocycles. The first kappa shape index (κ1) is 21.2. The summed E-state index contributed by atoms with van der Waals surface area (Å²) in [6, 6.07) is 11.6. The maximum Gasteiger partial charge on any atom is 0.249 e. The van der Waals surface area contributed by atoms with Gasteiger partial charge in [-0.3, -0.25) is 0 Å². The Morgan fingerprint density at radius 3 is 1.88 bits per heavy atom. The van der Waals surface area contributed by atoms with Crippen LogP contribution >= 0.6 is 0 Å². The molecule has 0 aliphatic carbocycles. The van der Waals surface area contributed by atoms with Gasteiger partial charge >= 0.3 is 0 Å². The Morgan fingerprint density at radius 2 is 1.46 bits per heavy atom. The van der Waals surface area contributed by atoms with Gasteiger partial charge in [0.2, 0.25) is 16.6 Å². The predicted octanol–water partition coefficient (Wildman–Crippen LogP) is 5.82. The van der Waals surface area contributed by atoms with E-state index in [9.17, 15) is 0 Å². The summed E-state index contributed by atoms with van der Waals surface area (Å²) in [5.41, 5.74) is 0. The van der Waals surface area contributed by atoms with E-state index in [-0.39, 0.29) is 10.1 Å². The van der Waals surface area contributed by atoms with Crippen molar-refractivity contribution in [3.63, 3.8) is 0 Å². The second-order valence-corrected chi connectivity index (χ2v) is 18.4. The molecule has 2 nitrogen and oxygen atoms in total. The van der Waals surface area contributed by atoms with Crippen LogP contribution in [0.4, 0.5) is 0 Å². The smallest absolute Gasteiger partial charge is 0.249 e. The molecule has 0 bridgehead atoms. The van der Waals surface area contributed by atoms with Gasteiger partial charge in [0, 0.05) is 7.11 Å². The van der Waals surface area contributed by atoms with E-state index in [1.165, 1.54) is 5.19 Å². The van der Waals surface area contributed by atoms with Crippen LogP contribution < -0.4 is 5.19 Å². The summed E-state index contributed by atoms with van der Waals surface area (Å²) in [5, 5.41) is 1.66. The van der Waals surface area contributed by atoms with Gasteiger partial charge in [0.25, 0.3) is 0 Å². The molecule has 0 aliphatic heterocycles. The maximum absolute atomic E-state index is 6.23. The minimum Gasteiger partial charge on any atom is -0.549 e. The zero-order valence-electron chi connectivity index (χ0n) is 17.1. The quantitative estimate of drug-likeness (QED) is 0.467. The van der Waals surface area contributed by atoms with E-state index in [0.717, 1.165) is 6.04 Å². The minimum atomic E-state index is -2.14. The van der Waals surface area contributed by atoms with Crippen LogP contribution in [0.3, 0.4) is 0 Å². The molecule has 0 spiro atoms. The fraction of sp³-hybridized carbons (Fsp3) is 0.600. The van der Waals surface area contributed by atoms with Crippen molar-refractivity contribution in [1.82, 2.24) is 0 Å². The standard InChI is InChI=1S/C20H36O2Si2/c1-19(2,3)23(8,9)22-16-13-17-24(21-7,20(4,5)6)18-14-11-10-12-15-18/h10-16H,17H2,1-9H3/b16-13-/t24-/m0/s1. The van der Waals surface area contributed by atoms with E-state index in [2.05, 4.69) is 91.0 Å². The van der Waals surface area contributed by atoms with E-state index in [1.807, 2.05) is 13.4 Å². The van der Waals surface area contributed by atoms with Gasteiger partial charge < -0.3 is 8.85 Å². The molecule has 0 aromatic heterocycles. The maximum atomic E-state index is 6.23. The molecule has 24 heavy (non-hydrogen) atoms. The third-order valence-electron chi connectivity index (χ3n) is 5.47. The van der Waals surface area contributed by atoms with Gasteiger partial charge in [0.1, 0.15) is 0 Å². The number of allylic oxidation sites excluding steroid dienone is 1. The van der Waals surface area contributed by atoms with Gasteiger partial charge in [-0.15, -0.1) is 0 Å². The van der Waals surface area contributed by atoms with Crippen molar-refractivity contribution in [1.29, 1.82) is 0 Å². The number of rotatable bonds is 6. The van der Waals surface area contributed by atoms with Crippen LogP contribution in [0.25, 0.3) is 0 Å². The monoisotopic (exact) mass is 364 g/mol. The highest BCUT2D eigenvalue weighted by atomic mass is 28.4. The topological polar surface area (TPSA) is 18.5 Å². The molecule has 0 radical (unpaired) electrons. The summed E-state index contributed by atoms with van der Waals surface area (Å²) >= 11 is 0. The summed E-state index contributed by atoms with van der Waals surface area (Å²) < 4.78 is 12.4. The molecule has 1 aromatic rings. The Balaban J connectivity index is 3.03. The average Bonchev–Trinajstić information content (AvgIpc) is 2.46. The molecule has 0 heterocycles. The van der Waals surface area contributed by atoms with Crippen molar-refractivity contribution >= 4 is 21.8 Å². The molecule has 0 aliphatic rings. The van der Waals surface area contributed by atoms with Crippen LogP contribution in [0.15, 0.2) is 42.7 Å². The number of benzene rings is 1. The third kappa shape index (κ3) is 4.61. The average molecular weight is 365 g/mol. The summed E-state index contributed by atoms with van der Waals surface area (Å²) in [7, 11) is -2.02. The summed E-state index contributed by atoms with van der Waals surface area (Å²) in [6.45, 7) is 18.2. The van der Waals surface area contributed by atoms with Gasteiger partial charge in [-0.2, -0.15) is 0 Å². The van der Waals surface area contributed by atoms with Crippen molar-refractivity contribution in [3.05, 3.63) is 42.7 Å². The molecule has 1 aromatic carbocycles. The molecule has 0 saturated carbocycles. The normalized spacial score (nSPS) is 16.2. The molecule has 0 amide bonds. The Hall–Kier alpha value is -0.846. The van der Waals surface area contributed by atoms with Crippen LogP contribution in [0.2, 0.25) is 29.2 Å². The van der Waals surface area contributed by atoms with E-state index >= 15 is 0 Å². The van der Waals surface area contributed by atoms with Gasteiger partial charge in [-0.05, 0) is 34.4 Å². The lowest BCUT2D eigenvalue weighted by molar-refractivity contribution is 0.375. The summed E-state index contributed by atoms with van der Waals surface area (Å²) in [4.78, 5) is 0. The zero-order chi connectivity index (χ0) is 18.6. The molecular weight excluding hydrogens is 328 g/mol. The van der Waals surface area contributed by atoms with Gasteiger partial charge in [0.15, 0.2) is 0 Å². The highest BCUT2D eigenvalue weighted by molar-refractivity contribution is 6.89. The lowest BCUT2D eigenvalue weighted by Gasteiger charge is -2.41. The van der Waals surface area contributed by atoms with Crippen LogP contribution in [0.1, 0.15) is 41.5 Å². The Morgan fingerprint density at radius 1 is 0.917 bits per heavy atom. The third-order valence-corrected chi connectivity index (χ3v) is 15.0. The first-order chi connectivity index (χ1) is 10.9. The van der Waals surface area contributed by atoms with E-state index in [1.54, 1.807) is 0 Å². The molecule has 1 atom stereocenters. The molecule has 4 heteroatoms. The molecule has 1 rings (SSSR count). The first-order valence-electron chi connectivity index (χ1n) is 8.81. The lowest BCUT2D eigenvalue weighted by atomic mass is 10.2. The van der Waals surface area contributed by atoms with Crippen LogP contribution in [0, 0.1) is 0 Å². The largest absolute Gasteiger partial charge is 0.549 e. The Labute approximate surface area is 151 Å². The lowest BCUT2D eigenvalue weighted by Crippen LogP contribution is -2.56. The van der Waals surface area contributed by atoms with Crippen LogP contribution in [-0.2, 0) is 8.85 Å². The Bertz CT molecular complexity index is 539. The van der Waals surface area contributed by atoms with E-state index in [4.69, 9.17) is 8.85 Å². The van der Waals surface area contributed by atoms with Crippen molar-refractivity contribution in [2.24, 2.45) is 0 Å². The molecule has 0 unspecified atom stereocenters. The van der Waals surface area contributed by atoms with Crippen molar-refractivity contribution < 1.29 is 8.85 Å². The van der Waals surface area contributed by atoms with Gasteiger partial charge in [-0.25, -0.2) is 0 Å². The fourth-order valence-electron chi connectivity index (χ4n) is 2.68. The van der Waals surface area contributed by atoms with Gasteiger partial charge in [-0.1, -0.05) is 78.0 Å². The van der Waals surface area contributed by atoms with Crippen molar-refractivity contribution in [2.75, 3.05) is 7.11 Å². The van der Waals surface area contributed by atoms with Gasteiger partial charge in [0.05, 0.1) is 6.26 Å². The van der Waals surface area contributed by atoms with Crippen molar-refractivity contribution in [2.45, 2.75) is 70.8 Å². The second kappa shape index (κ2) is 7.58. The molecule has 0 fully saturated rings. The summed E-state index contributed by atoms with van der Waals surface area (Å²) in [6.07, 6.45) is 4.13. The molecule has 136 valence electrons. The number of hydrogen-bond acceptors (Lipinski definition) is 2. The van der Waals surface area contributed by atoms with E-state index < -0.39 is 16.6 Å². The first-order valence-corrected chi connectivity index (χ1v) is 13.8. The second-order valence-electron chi connectivity index (χ2n) is 9.10. The van der Waals surface area contributed by atoms with Crippen molar-refractivity contribution in [3.8, 4) is 0 Å². The highest BCUT2D eigenvalue weighted by Gasteiger charge is 2.46. The van der Waals surface area contributed by atoms with Crippen LogP contribution in [0.5, 0.6) is 0 Å². The van der Waals surface area contributed by atoms with E-state index in [0.29, 0.717) is 0 Å². The van der Waals surface area contributed by atoms with Crippen LogP contribution in [-0.4, -0.2) is 23.7 Å². The minimum absolute atomic E-state index is 0.102.